The number of rotatable bonds is 8. The molecule has 1 atom stereocenters. The van der Waals surface area contributed by atoms with Crippen molar-refractivity contribution in [2.45, 2.75) is 20.0 Å². The van der Waals surface area contributed by atoms with Gasteiger partial charge >= 0.3 is 5.97 Å². The first-order chi connectivity index (χ1) is 14.5. The van der Waals surface area contributed by atoms with E-state index in [9.17, 15) is 9.59 Å². The van der Waals surface area contributed by atoms with Crippen molar-refractivity contribution in [1.29, 1.82) is 0 Å². The molecule has 0 aliphatic carbocycles. The SMILES string of the molecule is CCOC(=O)c1ccn(-c2cccc(NC(=O)C(C)Oc3ccc(OC)cc3)c2)n1. The second kappa shape index (κ2) is 9.60. The van der Waals surface area contributed by atoms with Crippen LogP contribution in [0, 0.1) is 0 Å². The zero-order chi connectivity index (χ0) is 21.5. The molecule has 0 aliphatic rings. The summed E-state index contributed by atoms with van der Waals surface area (Å²) in [7, 11) is 1.58. The number of anilines is 1. The van der Waals surface area contributed by atoms with Gasteiger partial charge in [-0.2, -0.15) is 5.10 Å². The first-order valence-corrected chi connectivity index (χ1v) is 9.45. The van der Waals surface area contributed by atoms with Crippen LogP contribution in [0.1, 0.15) is 24.3 Å². The smallest absolute Gasteiger partial charge is 0.358 e. The minimum Gasteiger partial charge on any atom is -0.497 e. The lowest BCUT2D eigenvalue weighted by Crippen LogP contribution is -2.30. The second-order valence-corrected chi connectivity index (χ2v) is 6.34. The zero-order valence-electron chi connectivity index (χ0n) is 17.0. The standard InChI is InChI=1S/C22H23N3O5/c1-4-29-22(27)20-12-13-25(24-20)17-7-5-6-16(14-17)23-21(26)15(2)30-19-10-8-18(28-3)9-11-19/h5-15H,4H2,1-3H3,(H,23,26). The average molecular weight is 409 g/mol. The maximum atomic E-state index is 12.5. The van der Waals surface area contributed by atoms with Gasteiger partial charge in [0.25, 0.3) is 5.91 Å². The molecule has 1 amide bonds. The van der Waals surface area contributed by atoms with Crippen LogP contribution in [0.4, 0.5) is 5.69 Å². The number of aromatic nitrogens is 2. The molecule has 0 bridgehead atoms. The molecule has 0 saturated heterocycles. The number of carbonyl (C=O) groups is 2. The fourth-order valence-electron chi connectivity index (χ4n) is 2.66. The van der Waals surface area contributed by atoms with Crippen LogP contribution in [0.3, 0.4) is 0 Å². The predicted octanol–water partition coefficient (Wildman–Crippen LogP) is 3.46. The maximum Gasteiger partial charge on any atom is 0.358 e. The Kier molecular flexibility index (Phi) is 6.69. The summed E-state index contributed by atoms with van der Waals surface area (Å²) >= 11 is 0. The van der Waals surface area contributed by atoms with Gasteiger partial charge in [0.15, 0.2) is 11.8 Å². The van der Waals surface area contributed by atoms with Crippen molar-refractivity contribution in [3.8, 4) is 17.2 Å². The topological polar surface area (TPSA) is 91.7 Å². The summed E-state index contributed by atoms with van der Waals surface area (Å²) in [6.45, 7) is 3.69. The van der Waals surface area contributed by atoms with E-state index in [0.29, 0.717) is 22.9 Å². The van der Waals surface area contributed by atoms with Crippen LogP contribution in [0.15, 0.2) is 60.8 Å². The van der Waals surface area contributed by atoms with E-state index in [4.69, 9.17) is 14.2 Å². The Morgan fingerprint density at radius 3 is 2.53 bits per heavy atom. The fraction of sp³-hybridized carbons (Fsp3) is 0.227. The van der Waals surface area contributed by atoms with Crippen molar-refractivity contribution in [3.05, 3.63) is 66.5 Å². The summed E-state index contributed by atoms with van der Waals surface area (Å²) in [5.41, 5.74) is 1.48. The van der Waals surface area contributed by atoms with Gasteiger partial charge in [-0.15, -0.1) is 0 Å². The average Bonchev–Trinajstić information content (AvgIpc) is 3.25. The van der Waals surface area contributed by atoms with Gasteiger partial charge in [0, 0.05) is 11.9 Å². The van der Waals surface area contributed by atoms with E-state index < -0.39 is 12.1 Å². The van der Waals surface area contributed by atoms with Crippen LogP contribution in [0.2, 0.25) is 0 Å². The van der Waals surface area contributed by atoms with Crippen LogP contribution in [0.5, 0.6) is 11.5 Å². The summed E-state index contributed by atoms with van der Waals surface area (Å²) in [6.07, 6.45) is 0.949. The number of carbonyl (C=O) groups excluding carboxylic acids is 2. The fourth-order valence-corrected chi connectivity index (χ4v) is 2.66. The number of nitrogens with zero attached hydrogens (tertiary/aromatic N) is 2. The van der Waals surface area contributed by atoms with E-state index >= 15 is 0 Å². The van der Waals surface area contributed by atoms with Gasteiger partial charge in [-0.3, -0.25) is 4.79 Å². The van der Waals surface area contributed by atoms with Crippen molar-refractivity contribution in [1.82, 2.24) is 9.78 Å². The molecular weight excluding hydrogens is 386 g/mol. The van der Waals surface area contributed by atoms with E-state index in [2.05, 4.69) is 10.4 Å². The first kappa shape index (κ1) is 20.9. The minimum atomic E-state index is -0.706. The van der Waals surface area contributed by atoms with Gasteiger partial charge in [-0.05, 0) is 62.4 Å². The summed E-state index contributed by atoms with van der Waals surface area (Å²) in [6, 6.07) is 15.7. The molecule has 1 aromatic heterocycles. The largest absolute Gasteiger partial charge is 0.497 e. The van der Waals surface area contributed by atoms with Crippen molar-refractivity contribution < 1.29 is 23.8 Å². The Balaban J connectivity index is 1.65. The highest BCUT2D eigenvalue weighted by molar-refractivity contribution is 5.94. The van der Waals surface area contributed by atoms with Crippen LogP contribution < -0.4 is 14.8 Å². The molecule has 8 heteroatoms. The van der Waals surface area contributed by atoms with Crippen LogP contribution in [0.25, 0.3) is 5.69 Å². The minimum absolute atomic E-state index is 0.216. The molecule has 1 unspecified atom stereocenters. The third-order valence-corrected chi connectivity index (χ3v) is 4.19. The number of benzene rings is 2. The molecule has 3 rings (SSSR count). The molecule has 0 radical (unpaired) electrons. The molecule has 0 aliphatic heterocycles. The van der Waals surface area contributed by atoms with Crippen molar-refractivity contribution >= 4 is 17.6 Å². The van der Waals surface area contributed by atoms with Crippen molar-refractivity contribution in [2.24, 2.45) is 0 Å². The van der Waals surface area contributed by atoms with Gasteiger partial charge in [-0.25, -0.2) is 9.48 Å². The Labute approximate surface area is 174 Å². The van der Waals surface area contributed by atoms with E-state index in [1.165, 1.54) is 0 Å². The molecule has 0 saturated carbocycles. The highest BCUT2D eigenvalue weighted by Gasteiger charge is 2.16. The first-order valence-electron chi connectivity index (χ1n) is 9.45. The molecular formula is C22H23N3O5. The van der Waals surface area contributed by atoms with Crippen LogP contribution in [-0.2, 0) is 9.53 Å². The Bertz CT molecular complexity index is 1010. The van der Waals surface area contributed by atoms with E-state index in [1.807, 2.05) is 6.07 Å². The molecule has 3 aromatic rings. The number of nitrogens with one attached hydrogen (secondary N) is 1. The van der Waals surface area contributed by atoms with E-state index in [-0.39, 0.29) is 18.2 Å². The Hall–Kier alpha value is -3.81. The van der Waals surface area contributed by atoms with E-state index in [1.54, 1.807) is 80.4 Å². The van der Waals surface area contributed by atoms with Gasteiger partial charge in [-0.1, -0.05) is 6.07 Å². The highest BCUT2D eigenvalue weighted by atomic mass is 16.5. The highest BCUT2D eigenvalue weighted by Crippen LogP contribution is 2.19. The zero-order valence-corrected chi connectivity index (χ0v) is 17.0. The third kappa shape index (κ3) is 5.16. The number of esters is 1. The normalized spacial score (nSPS) is 11.4. The lowest BCUT2D eigenvalue weighted by atomic mass is 10.2. The molecule has 1 N–H and O–H groups in total. The second-order valence-electron chi connectivity index (χ2n) is 6.34. The predicted molar refractivity (Wildman–Crippen MR) is 111 cm³/mol. The molecule has 0 fully saturated rings. The molecule has 8 nitrogen and oxygen atoms in total. The quantitative estimate of drug-likeness (QED) is 0.573. The van der Waals surface area contributed by atoms with E-state index in [0.717, 1.165) is 0 Å². The molecule has 0 spiro atoms. The molecule has 30 heavy (non-hydrogen) atoms. The van der Waals surface area contributed by atoms with Crippen LogP contribution in [-0.4, -0.2) is 41.5 Å². The Morgan fingerprint density at radius 1 is 1.10 bits per heavy atom. The third-order valence-electron chi connectivity index (χ3n) is 4.19. The molecule has 2 aromatic carbocycles. The number of hydrogen-bond acceptors (Lipinski definition) is 6. The maximum absolute atomic E-state index is 12.5. The van der Waals surface area contributed by atoms with Gasteiger partial charge < -0.3 is 19.5 Å². The molecule has 156 valence electrons. The Morgan fingerprint density at radius 2 is 1.83 bits per heavy atom. The van der Waals surface area contributed by atoms with Crippen LogP contribution >= 0.6 is 0 Å². The number of ether oxygens (including phenoxy) is 3. The van der Waals surface area contributed by atoms with Gasteiger partial charge in [0.1, 0.15) is 11.5 Å². The van der Waals surface area contributed by atoms with Gasteiger partial charge in [0.2, 0.25) is 0 Å². The summed E-state index contributed by atoms with van der Waals surface area (Å²) in [5.74, 6) is 0.497. The monoisotopic (exact) mass is 409 g/mol. The lowest BCUT2D eigenvalue weighted by molar-refractivity contribution is -0.122. The van der Waals surface area contributed by atoms with Crippen molar-refractivity contribution in [3.63, 3.8) is 0 Å². The lowest BCUT2D eigenvalue weighted by Gasteiger charge is -2.15. The summed E-state index contributed by atoms with van der Waals surface area (Å²) in [5, 5.41) is 7.04. The molecule has 1 heterocycles. The summed E-state index contributed by atoms with van der Waals surface area (Å²) < 4.78 is 17.3. The summed E-state index contributed by atoms with van der Waals surface area (Å²) in [4.78, 5) is 24.3. The van der Waals surface area contributed by atoms with Gasteiger partial charge in [0.05, 0.1) is 19.4 Å². The number of amides is 1. The number of hydrogen-bond donors (Lipinski definition) is 1. The van der Waals surface area contributed by atoms with Crippen molar-refractivity contribution in [2.75, 3.05) is 19.0 Å². The number of methoxy groups -OCH3 is 1.